The van der Waals surface area contributed by atoms with Crippen molar-refractivity contribution in [2.45, 2.75) is 109 Å². The molecule has 45 heavy (non-hydrogen) atoms. The predicted octanol–water partition coefficient (Wildman–Crippen LogP) is 8.16. The van der Waals surface area contributed by atoms with Crippen LogP contribution in [0.3, 0.4) is 0 Å². The lowest BCUT2D eigenvalue weighted by Crippen LogP contribution is -2.49. The lowest BCUT2D eigenvalue weighted by atomic mass is 10.1. The SMILES string of the molecule is CC(C)(C)[Si](C)(C)OC[C@H]1C[C@@H](Nc2ncncc2C(=O)c2ccn(Cc3cccc(Cl)n3)c2)[C@@H](F)[C@@H]1O[Si](C)(C)C(C)(C)C. The minimum absolute atomic E-state index is 0.0357. The Hall–Kier alpha value is -2.45. The van der Waals surface area contributed by atoms with Crippen LogP contribution in [0.1, 0.15) is 69.6 Å². The fraction of sp³-hybridized carbons (Fsp3) is 0.576. The van der Waals surface area contributed by atoms with Crippen LogP contribution in [-0.4, -0.2) is 66.9 Å². The Balaban J connectivity index is 1.55. The van der Waals surface area contributed by atoms with Crippen LogP contribution in [0.4, 0.5) is 10.2 Å². The van der Waals surface area contributed by atoms with Crippen LogP contribution in [-0.2, 0) is 15.4 Å². The maximum atomic E-state index is 16.5. The van der Waals surface area contributed by atoms with Crippen LogP contribution in [0.25, 0.3) is 0 Å². The van der Waals surface area contributed by atoms with Crippen LogP contribution >= 0.6 is 11.6 Å². The first-order valence-electron chi connectivity index (χ1n) is 15.6. The number of halogens is 2. The number of alkyl halides is 1. The van der Waals surface area contributed by atoms with Gasteiger partial charge >= 0.3 is 0 Å². The third kappa shape index (κ3) is 8.29. The number of carbonyl (C=O) groups excluding carboxylic acids is 1. The molecule has 4 atom stereocenters. The number of carbonyl (C=O) groups is 1. The minimum Gasteiger partial charge on any atom is -0.416 e. The van der Waals surface area contributed by atoms with E-state index >= 15 is 4.39 Å². The summed E-state index contributed by atoms with van der Waals surface area (Å²) in [6.45, 7) is 22.7. The van der Waals surface area contributed by atoms with Gasteiger partial charge in [0.05, 0.1) is 29.9 Å². The molecule has 0 aliphatic heterocycles. The van der Waals surface area contributed by atoms with Gasteiger partial charge in [0.15, 0.2) is 22.4 Å². The van der Waals surface area contributed by atoms with Gasteiger partial charge in [-0.15, -0.1) is 0 Å². The number of pyridine rings is 1. The normalized spacial score (nSPS) is 21.2. The van der Waals surface area contributed by atoms with Gasteiger partial charge in [-0.25, -0.2) is 19.3 Å². The zero-order valence-electron chi connectivity index (χ0n) is 28.3. The van der Waals surface area contributed by atoms with Crippen LogP contribution in [0, 0.1) is 5.92 Å². The lowest BCUT2D eigenvalue weighted by Gasteiger charge is -2.41. The average Bonchev–Trinajstić information content (AvgIpc) is 3.51. The second-order valence-corrected chi connectivity index (χ2v) is 25.2. The third-order valence-electron chi connectivity index (χ3n) is 9.83. The van der Waals surface area contributed by atoms with Gasteiger partial charge in [-0.3, -0.25) is 4.79 Å². The Labute approximate surface area is 274 Å². The molecule has 0 radical (unpaired) electrons. The standard InChI is InChI=1S/C33H49ClFN5O3Si2/c1-32(2,3)44(7,8)42-20-23-16-26(28(35)30(23)43-45(9,10)33(4,5)6)39-31-25(17-36-21-37-31)29(41)22-14-15-40(18-22)19-24-12-11-13-27(34)38-24/h11-15,17-18,21,23,26,28,30H,16,19-20H2,1-10H3,(H,36,37,39)/t23-,26-,28-,30-/m1/s1. The van der Waals surface area contributed by atoms with Crippen molar-refractivity contribution >= 4 is 39.8 Å². The van der Waals surface area contributed by atoms with Gasteiger partial charge in [-0.1, -0.05) is 59.2 Å². The summed E-state index contributed by atoms with van der Waals surface area (Å²) >= 11 is 6.04. The number of nitrogens with zero attached hydrogens (tertiary/aromatic N) is 4. The van der Waals surface area contributed by atoms with E-state index in [4.69, 9.17) is 20.5 Å². The molecule has 1 fully saturated rings. The molecule has 246 valence electrons. The van der Waals surface area contributed by atoms with Crippen LogP contribution < -0.4 is 5.32 Å². The summed E-state index contributed by atoms with van der Waals surface area (Å²) < 4.78 is 31.7. The Morgan fingerprint density at radius 2 is 1.78 bits per heavy atom. The first kappa shape index (κ1) is 35.4. The van der Waals surface area contributed by atoms with E-state index in [1.54, 1.807) is 18.3 Å². The van der Waals surface area contributed by atoms with Crippen molar-refractivity contribution in [1.82, 2.24) is 19.5 Å². The van der Waals surface area contributed by atoms with Gasteiger partial charge in [0.1, 0.15) is 23.5 Å². The molecule has 0 saturated heterocycles. The largest absolute Gasteiger partial charge is 0.416 e. The van der Waals surface area contributed by atoms with E-state index in [0.717, 1.165) is 5.69 Å². The molecule has 1 aliphatic carbocycles. The highest BCUT2D eigenvalue weighted by Gasteiger charge is 2.51. The van der Waals surface area contributed by atoms with E-state index in [-0.39, 0.29) is 27.3 Å². The van der Waals surface area contributed by atoms with Crippen LogP contribution in [0.2, 0.25) is 41.4 Å². The molecule has 0 aromatic carbocycles. The van der Waals surface area contributed by atoms with Gasteiger partial charge in [0.2, 0.25) is 0 Å². The fourth-order valence-corrected chi connectivity index (χ4v) is 7.53. The van der Waals surface area contributed by atoms with Crippen LogP contribution in [0.5, 0.6) is 0 Å². The Morgan fingerprint density at radius 3 is 2.42 bits per heavy atom. The molecule has 3 aromatic heterocycles. The summed E-state index contributed by atoms with van der Waals surface area (Å²) in [6.07, 6.45) is 5.00. The zero-order chi connectivity index (χ0) is 33.4. The van der Waals surface area contributed by atoms with Gasteiger partial charge in [0.25, 0.3) is 0 Å². The summed E-state index contributed by atoms with van der Waals surface area (Å²) in [5, 5.41) is 3.66. The van der Waals surface area contributed by atoms with Crippen molar-refractivity contribution in [2.75, 3.05) is 11.9 Å². The number of hydrogen-bond acceptors (Lipinski definition) is 7. The molecule has 3 heterocycles. The highest BCUT2D eigenvalue weighted by atomic mass is 35.5. The molecule has 3 aromatic rings. The molecule has 0 bridgehead atoms. The van der Waals surface area contributed by atoms with E-state index in [1.807, 2.05) is 22.9 Å². The summed E-state index contributed by atoms with van der Waals surface area (Å²) in [6, 6.07) is 6.58. The molecular formula is C33H49ClFN5O3Si2. The number of nitrogens with one attached hydrogen (secondary N) is 1. The predicted molar refractivity (Wildman–Crippen MR) is 184 cm³/mol. The maximum Gasteiger partial charge on any atom is 0.199 e. The quantitative estimate of drug-likeness (QED) is 0.125. The Morgan fingerprint density at radius 1 is 1.09 bits per heavy atom. The first-order valence-corrected chi connectivity index (χ1v) is 21.8. The second-order valence-electron chi connectivity index (χ2n) is 15.2. The van der Waals surface area contributed by atoms with E-state index < -0.39 is 35.0 Å². The number of anilines is 1. The smallest absolute Gasteiger partial charge is 0.199 e. The molecule has 1 N–H and O–H groups in total. The monoisotopic (exact) mass is 673 g/mol. The second kappa shape index (κ2) is 13.3. The maximum absolute atomic E-state index is 16.5. The van der Waals surface area contributed by atoms with E-state index in [1.165, 1.54) is 12.5 Å². The van der Waals surface area contributed by atoms with Gasteiger partial charge < -0.3 is 18.7 Å². The zero-order valence-corrected chi connectivity index (χ0v) is 31.1. The highest BCUT2D eigenvalue weighted by Crippen LogP contribution is 2.44. The molecule has 1 saturated carbocycles. The van der Waals surface area contributed by atoms with E-state index in [2.05, 4.69) is 88.0 Å². The first-order chi connectivity index (χ1) is 20.8. The van der Waals surface area contributed by atoms with E-state index in [9.17, 15) is 4.79 Å². The molecule has 1 aliphatic rings. The van der Waals surface area contributed by atoms with Crippen molar-refractivity contribution in [3.8, 4) is 0 Å². The summed E-state index contributed by atoms with van der Waals surface area (Å²) in [4.78, 5) is 26.5. The van der Waals surface area contributed by atoms with Gasteiger partial charge in [0, 0.05) is 36.7 Å². The lowest BCUT2D eigenvalue weighted by molar-refractivity contribution is 0.0551. The van der Waals surface area contributed by atoms with Gasteiger partial charge in [-0.05, 0) is 60.9 Å². The Bertz CT molecular complexity index is 1490. The average molecular weight is 674 g/mol. The van der Waals surface area contributed by atoms with Crippen LogP contribution in [0.15, 0.2) is 49.2 Å². The number of rotatable bonds is 11. The molecular weight excluding hydrogens is 625 g/mol. The van der Waals surface area contributed by atoms with Crippen molar-refractivity contribution in [3.63, 3.8) is 0 Å². The molecule has 12 heteroatoms. The number of hydrogen-bond donors (Lipinski definition) is 1. The molecule has 0 amide bonds. The summed E-state index contributed by atoms with van der Waals surface area (Å²) in [5.41, 5.74) is 1.53. The molecule has 0 unspecified atom stereocenters. The van der Waals surface area contributed by atoms with Gasteiger partial charge in [-0.2, -0.15) is 0 Å². The molecule has 0 spiro atoms. The molecule has 4 rings (SSSR count). The van der Waals surface area contributed by atoms with Crippen molar-refractivity contribution in [2.24, 2.45) is 5.92 Å². The highest BCUT2D eigenvalue weighted by molar-refractivity contribution is 6.74. The Kier molecular flexibility index (Phi) is 10.5. The number of ketones is 1. The van der Waals surface area contributed by atoms with Crippen molar-refractivity contribution < 1.29 is 18.0 Å². The third-order valence-corrected chi connectivity index (χ3v) is 19.0. The van der Waals surface area contributed by atoms with Crippen molar-refractivity contribution in [1.29, 1.82) is 0 Å². The number of aromatic nitrogens is 4. The summed E-state index contributed by atoms with van der Waals surface area (Å²) in [7, 11) is -4.36. The summed E-state index contributed by atoms with van der Waals surface area (Å²) in [5.74, 6) is -0.0870. The topological polar surface area (TPSA) is 91.2 Å². The molecule has 8 nitrogen and oxygen atoms in total. The van der Waals surface area contributed by atoms with Crippen molar-refractivity contribution in [3.05, 3.63) is 71.2 Å². The van der Waals surface area contributed by atoms with E-state index in [0.29, 0.717) is 36.1 Å². The minimum atomic E-state index is -2.29. The fourth-order valence-electron chi connectivity index (χ4n) is 4.93.